The van der Waals surface area contributed by atoms with Gasteiger partial charge in [0.25, 0.3) is 0 Å². The molecule has 1 aliphatic heterocycles. The maximum atomic E-state index is 5.89. The molecule has 0 aromatic heterocycles. The van der Waals surface area contributed by atoms with E-state index in [-0.39, 0.29) is 6.29 Å². The van der Waals surface area contributed by atoms with Crippen molar-refractivity contribution in [2.45, 2.75) is 52.2 Å². The summed E-state index contributed by atoms with van der Waals surface area (Å²) in [5, 5.41) is 0. The summed E-state index contributed by atoms with van der Waals surface area (Å²) in [6.07, 6.45) is 6.24. The zero-order valence-electron chi connectivity index (χ0n) is 14.2. The van der Waals surface area contributed by atoms with Crippen LogP contribution in [0.15, 0.2) is 24.3 Å². The highest BCUT2D eigenvalue weighted by molar-refractivity contribution is 5.27. The summed E-state index contributed by atoms with van der Waals surface area (Å²) in [6.45, 7) is 6.23. The fourth-order valence-corrected chi connectivity index (χ4v) is 3.06. The van der Waals surface area contributed by atoms with Crippen LogP contribution in [0.4, 0.5) is 0 Å². The topological polar surface area (TPSA) is 27.7 Å². The predicted molar refractivity (Wildman–Crippen MR) is 89.1 cm³/mol. The van der Waals surface area contributed by atoms with Crippen molar-refractivity contribution in [3.63, 3.8) is 0 Å². The highest BCUT2D eigenvalue weighted by Gasteiger charge is 2.23. The number of rotatable bonds is 8. The second kappa shape index (κ2) is 9.16. The number of benzene rings is 1. The molecule has 0 spiro atoms. The molecule has 1 aromatic carbocycles. The van der Waals surface area contributed by atoms with E-state index < -0.39 is 0 Å². The number of ether oxygens (including phenoxy) is 3. The zero-order chi connectivity index (χ0) is 15.8. The van der Waals surface area contributed by atoms with E-state index in [2.05, 4.69) is 13.8 Å². The molecule has 1 atom stereocenters. The molecule has 3 heteroatoms. The van der Waals surface area contributed by atoms with Gasteiger partial charge in [0, 0.05) is 11.5 Å². The highest BCUT2D eigenvalue weighted by Crippen LogP contribution is 2.28. The lowest BCUT2D eigenvalue weighted by molar-refractivity contribution is -0.206. The Labute approximate surface area is 135 Å². The third-order valence-electron chi connectivity index (χ3n) is 4.45. The average molecular weight is 306 g/mol. The van der Waals surface area contributed by atoms with Crippen molar-refractivity contribution >= 4 is 0 Å². The SMILES string of the molecule is CCCC(C)CCCC1COC(c2ccc(OC)cc2)OC1. The third kappa shape index (κ3) is 5.29. The van der Waals surface area contributed by atoms with Gasteiger partial charge in [-0.1, -0.05) is 51.7 Å². The van der Waals surface area contributed by atoms with E-state index >= 15 is 0 Å². The Bertz CT molecular complexity index is 407. The summed E-state index contributed by atoms with van der Waals surface area (Å²) in [7, 11) is 1.68. The molecular formula is C19H30O3. The Balaban J connectivity index is 1.68. The smallest absolute Gasteiger partial charge is 0.183 e. The quantitative estimate of drug-likeness (QED) is 0.679. The molecule has 1 heterocycles. The van der Waals surface area contributed by atoms with E-state index in [1.807, 2.05) is 24.3 Å². The van der Waals surface area contributed by atoms with Gasteiger partial charge < -0.3 is 14.2 Å². The lowest BCUT2D eigenvalue weighted by Gasteiger charge is -2.30. The van der Waals surface area contributed by atoms with Crippen molar-refractivity contribution in [2.75, 3.05) is 20.3 Å². The van der Waals surface area contributed by atoms with E-state index in [0.717, 1.165) is 30.4 Å². The van der Waals surface area contributed by atoms with Gasteiger partial charge in [-0.25, -0.2) is 0 Å². The number of hydrogen-bond acceptors (Lipinski definition) is 3. The Hall–Kier alpha value is -1.06. The van der Waals surface area contributed by atoms with Crippen molar-refractivity contribution in [1.82, 2.24) is 0 Å². The van der Waals surface area contributed by atoms with Crippen LogP contribution < -0.4 is 4.74 Å². The van der Waals surface area contributed by atoms with Crippen molar-refractivity contribution in [1.29, 1.82) is 0 Å². The third-order valence-corrected chi connectivity index (χ3v) is 4.45. The molecule has 1 unspecified atom stereocenters. The minimum absolute atomic E-state index is 0.221. The highest BCUT2D eigenvalue weighted by atomic mass is 16.7. The molecular weight excluding hydrogens is 276 g/mol. The van der Waals surface area contributed by atoms with Crippen LogP contribution in [0.1, 0.15) is 57.8 Å². The van der Waals surface area contributed by atoms with Crippen LogP contribution in [0.25, 0.3) is 0 Å². The molecule has 2 rings (SSSR count). The summed E-state index contributed by atoms with van der Waals surface area (Å²) in [6, 6.07) is 7.92. The Morgan fingerprint density at radius 2 is 1.82 bits per heavy atom. The molecule has 0 radical (unpaired) electrons. The Kier molecular flexibility index (Phi) is 7.20. The number of methoxy groups -OCH3 is 1. The standard InChI is InChI=1S/C19H30O3/c1-4-6-15(2)7-5-8-16-13-21-19(22-14-16)17-9-11-18(20-3)12-10-17/h9-12,15-16,19H,4-8,13-14H2,1-3H3. The lowest BCUT2D eigenvalue weighted by atomic mass is 9.95. The molecule has 22 heavy (non-hydrogen) atoms. The summed E-state index contributed by atoms with van der Waals surface area (Å²) in [5.41, 5.74) is 1.07. The maximum Gasteiger partial charge on any atom is 0.183 e. The zero-order valence-corrected chi connectivity index (χ0v) is 14.2. The minimum Gasteiger partial charge on any atom is -0.497 e. The van der Waals surface area contributed by atoms with Crippen LogP contribution in [0.2, 0.25) is 0 Å². The largest absolute Gasteiger partial charge is 0.497 e. The second-order valence-electron chi connectivity index (χ2n) is 6.46. The first-order chi connectivity index (χ1) is 10.7. The van der Waals surface area contributed by atoms with Gasteiger partial charge in [0.05, 0.1) is 20.3 Å². The first-order valence-electron chi connectivity index (χ1n) is 8.60. The van der Waals surface area contributed by atoms with Crippen molar-refractivity contribution in [3.8, 4) is 5.75 Å². The van der Waals surface area contributed by atoms with Gasteiger partial charge in [0.1, 0.15) is 5.75 Å². The van der Waals surface area contributed by atoms with Crippen LogP contribution in [-0.4, -0.2) is 20.3 Å². The van der Waals surface area contributed by atoms with E-state index in [9.17, 15) is 0 Å². The summed E-state index contributed by atoms with van der Waals surface area (Å²) in [5.74, 6) is 2.25. The van der Waals surface area contributed by atoms with E-state index in [4.69, 9.17) is 14.2 Å². The van der Waals surface area contributed by atoms with Gasteiger partial charge in [-0.2, -0.15) is 0 Å². The van der Waals surface area contributed by atoms with Crippen LogP contribution in [0, 0.1) is 11.8 Å². The molecule has 1 saturated heterocycles. The second-order valence-corrected chi connectivity index (χ2v) is 6.46. The molecule has 0 saturated carbocycles. The van der Waals surface area contributed by atoms with Crippen molar-refractivity contribution in [3.05, 3.63) is 29.8 Å². The molecule has 0 aliphatic carbocycles. The Morgan fingerprint density at radius 3 is 2.41 bits per heavy atom. The van der Waals surface area contributed by atoms with Gasteiger partial charge in [-0.05, 0) is 24.5 Å². The molecule has 3 nitrogen and oxygen atoms in total. The monoisotopic (exact) mass is 306 g/mol. The Morgan fingerprint density at radius 1 is 1.14 bits per heavy atom. The van der Waals surface area contributed by atoms with Gasteiger partial charge in [0.15, 0.2) is 6.29 Å². The van der Waals surface area contributed by atoms with Crippen LogP contribution in [0.3, 0.4) is 0 Å². The molecule has 1 aromatic rings. The molecule has 1 fully saturated rings. The van der Waals surface area contributed by atoms with Gasteiger partial charge in [-0.15, -0.1) is 0 Å². The van der Waals surface area contributed by atoms with E-state index in [1.54, 1.807) is 7.11 Å². The van der Waals surface area contributed by atoms with Crippen LogP contribution in [0.5, 0.6) is 5.75 Å². The lowest BCUT2D eigenvalue weighted by Crippen LogP contribution is -2.27. The minimum atomic E-state index is -0.221. The predicted octanol–water partition coefficient (Wildman–Crippen LogP) is 4.96. The fourth-order valence-electron chi connectivity index (χ4n) is 3.06. The normalized spacial score (nSPS) is 23.2. The first kappa shape index (κ1) is 17.3. The molecule has 0 bridgehead atoms. The summed E-state index contributed by atoms with van der Waals surface area (Å²) in [4.78, 5) is 0. The van der Waals surface area contributed by atoms with Crippen LogP contribution >= 0.6 is 0 Å². The molecule has 0 N–H and O–H groups in total. The summed E-state index contributed by atoms with van der Waals surface area (Å²) >= 11 is 0. The van der Waals surface area contributed by atoms with Gasteiger partial charge in [0.2, 0.25) is 0 Å². The average Bonchev–Trinajstić information content (AvgIpc) is 2.56. The van der Waals surface area contributed by atoms with Crippen molar-refractivity contribution in [2.24, 2.45) is 11.8 Å². The van der Waals surface area contributed by atoms with Crippen LogP contribution in [-0.2, 0) is 9.47 Å². The molecule has 124 valence electrons. The summed E-state index contributed by atoms with van der Waals surface area (Å²) < 4.78 is 17.0. The first-order valence-corrected chi connectivity index (χ1v) is 8.60. The fraction of sp³-hybridized carbons (Fsp3) is 0.684. The number of hydrogen-bond donors (Lipinski definition) is 0. The van der Waals surface area contributed by atoms with E-state index in [0.29, 0.717) is 5.92 Å². The van der Waals surface area contributed by atoms with Gasteiger partial charge >= 0.3 is 0 Å². The molecule has 1 aliphatic rings. The van der Waals surface area contributed by atoms with Crippen molar-refractivity contribution < 1.29 is 14.2 Å². The molecule has 0 amide bonds. The maximum absolute atomic E-state index is 5.89. The van der Waals surface area contributed by atoms with E-state index in [1.165, 1.54) is 32.1 Å². The van der Waals surface area contributed by atoms with Gasteiger partial charge in [-0.3, -0.25) is 0 Å².